The van der Waals surface area contributed by atoms with Gasteiger partial charge in [0, 0.05) is 0 Å². The molecule has 0 amide bonds. The molecule has 2 aromatic rings. The predicted molar refractivity (Wildman–Crippen MR) is 70.9 cm³/mol. The van der Waals surface area contributed by atoms with E-state index in [-0.39, 0.29) is 5.56 Å². The van der Waals surface area contributed by atoms with Crippen molar-refractivity contribution in [2.24, 2.45) is 0 Å². The minimum absolute atomic E-state index is 0.130. The van der Waals surface area contributed by atoms with Crippen molar-refractivity contribution in [1.82, 2.24) is 0 Å². The molecule has 98 valence electrons. The Kier molecular flexibility index (Phi) is 3.56. The third-order valence-corrected chi connectivity index (χ3v) is 2.55. The van der Waals surface area contributed by atoms with E-state index in [1.165, 1.54) is 25.3 Å². The first-order chi connectivity index (χ1) is 9.11. The summed E-state index contributed by atoms with van der Waals surface area (Å²) >= 11 is 0. The average Bonchev–Trinajstić information content (AvgIpc) is 2.41. The van der Waals surface area contributed by atoms with Gasteiger partial charge >= 0.3 is 5.97 Å². The molecule has 0 radical (unpaired) electrons. The molecule has 0 saturated heterocycles. The Hall–Kier alpha value is -2.69. The van der Waals surface area contributed by atoms with Gasteiger partial charge in [-0.15, -0.1) is 0 Å². The summed E-state index contributed by atoms with van der Waals surface area (Å²) in [5.41, 5.74) is 6.40. The third-order valence-electron chi connectivity index (χ3n) is 2.55. The molecule has 19 heavy (non-hydrogen) atoms. The van der Waals surface area contributed by atoms with Gasteiger partial charge in [-0.05, 0) is 30.3 Å². The summed E-state index contributed by atoms with van der Waals surface area (Å²) in [6, 6.07) is 11.4. The van der Waals surface area contributed by atoms with Crippen LogP contribution in [-0.4, -0.2) is 18.2 Å². The Morgan fingerprint density at radius 1 is 1.11 bits per heavy atom. The van der Waals surface area contributed by atoms with Crippen LogP contribution in [0.15, 0.2) is 42.5 Å². The van der Waals surface area contributed by atoms with Crippen LogP contribution in [0.4, 0.5) is 5.69 Å². The van der Waals surface area contributed by atoms with Gasteiger partial charge in [0.1, 0.15) is 0 Å². The van der Waals surface area contributed by atoms with Gasteiger partial charge in [-0.3, -0.25) is 0 Å². The third kappa shape index (κ3) is 2.77. The maximum Gasteiger partial charge on any atom is 0.335 e. The standard InChI is InChI=1S/C14H13NO4/c1-18-13-8-9(14(16)17)6-7-12(13)19-11-5-3-2-4-10(11)15/h2-8H,15H2,1H3,(H,16,17). The summed E-state index contributed by atoms with van der Waals surface area (Å²) in [5, 5.41) is 8.91. The molecule has 0 aliphatic carbocycles. The lowest BCUT2D eigenvalue weighted by Gasteiger charge is -2.12. The molecule has 3 N–H and O–H groups in total. The lowest BCUT2D eigenvalue weighted by atomic mass is 10.2. The van der Waals surface area contributed by atoms with E-state index in [9.17, 15) is 4.79 Å². The molecule has 0 aliphatic heterocycles. The van der Waals surface area contributed by atoms with Crippen LogP contribution in [0.25, 0.3) is 0 Å². The molecule has 0 saturated carbocycles. The van der Waals surface area contributed by atoms with Crippen molar-refractivity contribution in [3.63, 3.8) is 0 Å². The molecule has 5 nitrogen and oxygen atoms in total. The highest BCUT2D eigenvalue weighted by Crippen LogP contribution is 2.34. The van der Waals surface area contributed by atoms with Crippen molar-refractivity contribution in [2.75, 3.05) is 12.8 Å². The number of ether oxygens (including phenoxy) is 2. The van der Waals surface area contributed by atoms with Gasteiger partial charge in [0.15, 0.2) is 17.2 Å². The summed E-state index contributed by atoms with van der Waals surface area (Å²) in [5.74, 6) is 0.210. The first-order valence-electron chi connectivity index (χ1n) is 5.55. The number of anilines is 1. The second kappa shape index (κ2) is 5.30. The van der Waals surface area contributed by atoms with E-state index in [0.29, 0.717) is 22.9 Å². The van der Waals surface area contributed by atoms with Crippen LogP contribution in [0.5, 0.6) is 17.2 Å². The number of methoxy groups -OCH3 is 1. The number of carbonyl (C=O) groups is 1. The average molecular weight is 259 g/mol. The molecule has 0 aromatic heterocycles. The highest BCUT2D eigenvalue weighted by molar-refractivity contribution is 5.88. The highest BCUT2D eigenvalue weighted by Gasteiger charge is 2.11. The van der Waals surface area contributed by atoms with E-state index >= 15 is 0 Å². The van der Waals surface area contributed by atoms with Crippen molar-refractivity contribution in [3.05, 3.63) is 48.0 Å². The fraction of sp³-hybridized carbons (Fsp3) is 0.0714. The number of carboxylic acid groups (broad SMARTS) is 1. The molecule has 0 bridgehead atoms. The summed E-state index contributed by atoms with van der Waals surface area (Å²) in [6.45, 7) is 0. The zero-order valence-corrected chi connectivity index (χ0v) is 10.3. The normalized spacial score (nSPS) is 9.95. The number of aromatic carboxylic acids is 1. The Morgan fingerprint density at radius 2 is 1.84 bits per heavy atom. The lowest BCUT2D eigenvalue weighted by molar-refractivity contribution is 0.0696. The molecule has 2 rings (SSSR count). The van der Waals surface area contributed by atoms with Crippen LogP contribution in [0.1, 0.15) is 10.4 Å². The van der Waals surface area contributed by atoms with Crippen molar-refractivity contribution >= 4 is 11.7 Å². The quantitative estimate of drug-likeness (QED) is 0.825. The van der Waals surface area contributed by atoms with Crippen LogP contribution < -0.4 is 15.2 Å². The number of para-hydroxylation sites is 2. The second-order valence-electron chi connectivity index (χ2n) is 3.81. The lowest BCUT2D eigenvalue weighted by Crippen LogP contribution is -1.99. The molecule has 0 aliphatic rings. The largest absolute Gasteiger partial charge is 0.493 e. The molecule has 0 fully saturated rings. The minimum atomic E-state index is -1.02. The fourth-order valence-electron chi connectivity index (χ4n) is 1.58. The zero-order valence-electron chi connectivity index (χ0n) is 10.3. The Bertz CT molecular complexity index is 610. The van der Waals surface area contributed by atoms with Gasteiger partial charge in [-0.2, -0.15) is 0 Å². The van der Waals surface area contributed by atoms with Crippen LogP contribution in [0.3, 0.4) is 0 Å². The monoisotopic (exact) mass is 259 g/mol. The van der Waals surface area contributed by atoms with Crippen LogP contribution in [-0.2, 0) is 0 Å². The highest BCUT2D eigenvalue weighted by atomic mass is 16.5. The van der Waals surface area contributed by atoms with Crippen molar-refractivity contribution < 1.29 is 19.4 Å². The Balaban J connectivity index is 2.35. The summed E-state index contributed by atoms with van der Waals surface area (Å²) in [7, 11) is 1.45. The molecule has 0 unspecified atom stereocenters. The van der Waals surface area contributed by atoms with Crippen molar-refractivity contribution in [1.29, 1.82) is 0 Å². The van der Waals surface area contributed by atoms with E-state index < -0.39 is 5.97 Å². The first-order valence-corrected chi connectivity index (χ1v) is 5.55. The number of nitrogens with two attached hydrogens (primary N) is 1. The number of carboxylic acids is 1. The summed E-state index contributed by atoms with van der Waals surface area (Å²) in [6.07, 6.45) is 0. The summed E-state index contributed by atoms with van der Waals surface area (Å²) < 4.78 is 10.7. The van der Waals surface area contributed by atoms with Crippen LogP contribution >= 0.6 is 0 Å². The minimum Gasteiger partial charge on any atom is -0.493 e. The van der Waals surface area contributed by atoms with Gasteiger partial charge in [0.05, 0.1) is 18.4 Å². The Morgan fingerprint density at radius 3 is 2.47 bits per heavy atom. The number of nitrogen functional groups attached to an aromatic ring is 1. The maximum absolute atomic E-state index is 10.9. The van der Waals surface area contributed by atoms with Gasteiger partial charge in [0.2, 0.25) is 0 Å². The molecule has 0 heterocycles. The maximum atomic E-state index is 10.9. The van der Waals surface area contributed by atoms with Gasteiger partial charge in [-0.1, -0.05) is 12.1 Å². The second-order valence-corrected chi connectivity index (χ2v) is 3.81. The van der Waals surface area contributed by atoms with Crippen molar-refractivity contribution in [3.8, 4) is 17.2 Å². The fourth-order valence-corrected chi connectivity index (χ4v) is 1.58. The van der Waals surface area contributed by atoms with E-state index in [1.807, 2.05) is 0 Å². The number of benzene rings is 2. The van der Waals surface area contributed by atoms with Crippen LogP contribution in [0.2, 0.25) is 0 Å². The van der Waals surface area contributed by atoms with Gasteiger partial charge < -0.3 is 20.3 Å². The van der Waals surface area contributed by atoms with Crippen LogP contribution in [0, 0.1) is 0 Å². The predicted octanol–water partition coefficient (Wildman–Crippen LogP) is 2.77. The molecule has 0 atom stereocenters. The van der Waals surface area contributed by atoms with E-state index in [4.69, 9.17) is 20.3 Å². The van der Waals surface area contributed by atoms with E-state index in [1.54, 1.807) is 24.3 Å². The van der Waals surface area contributed by atoms with E-state index in [2.05, 4.69) is 0 Å². The number of hydrogen-bond donors (Lipinski definition) is 2. The molecule has 0 spiro atoms. The van der Waals surface area contributed by atoms with E-state index in [0.717, 1.165) is 0 Å². The first kappa shape index (κ1) is 12.8. The SMILES string of the molecule is COc1cc(C(=O)O)ccc1Oc1ccccc1N. The van der Waals surface area contributed by atoms with Gasteiger partial charge in [0.25, 0.3) is 0 Å². The Labute approximate surface area is 110 Å². The topological polar surface area (TPSA) is 81.8 Å². The smallest absolute Gasteiger partial charge is 0.335 e. The van der Waals surface area contributed by atoms with Crippen molar-refractivity contribution in [2.45, 2.75) is 0 Å². The van der Waals surface area contributed by atoms with Gasteiger partial charge in [-0.25, -0.2) is 4.79 Å². The molecular formula is C14H13NO4. The number of hydrogen-bond acceptors (Lipinski definition) is 4. The molecule has 2 aromatic carbocycles. The summed E-state index contributed by atoms with van der Waals surface area (Å²) in [4.78, 5) is 10.9. The molecular weight excluding hydrogens is 246 g/mol. The zero-order chi connectivity index (χ0) is 13.8. The molecule has 5 heteroatoms. The number of rotatable bonds is 4.